The van der Waals surface area contributed by atoms with E-state index in [-0.39, 0.29) is 5.92 Å². The Morgan fingerprint density at radius 1 is 0.377 bits per heavy atom. The van der Waals surface area contributed by atoms with Gasteiger partial charge in [0, 0.05) is 50.1 Å². The fourth-order valence-corrected chi connectivity index (χ4v) is 8.73. The van der Waals surface area contributed by atoms with E-state index in [2.05, 4.69) is 212 Å². The maximum Gasteiger partial charge on any atom is 0.143 e. The minimum absolute atomic E-state index is 0.170. The highest BCUT2D eigenvalue weighted by Crippen LogP contribution is 2.42. The second-order valence-corrected chi connectivity index (χ2v) is 15.7. The molecule has 3 heterocycles. The van der Waals surface area contributed by atoms with E-state index in [4.69, 9.17) is 14.4 Å². The second kappa shape index (κ2) is 15.7. The Morgan fingerprint density at radius 3 is 1.36 bits per heavy atom. The number of furan rings is 1. The second-order valence-electron chi connectivity index (χ2n) is 15.7. The lowest BCUT2D eigenvalue weighted by molar-refractivity contribution is 0.668. The van der Waals surface area contributed by atoms with Crippen molar-refractivity contribution in [1.82, 2.24) is 9.97 Å². The average Bonchev–Trinajstić information content (AvgIpc) is 3.74. The molecule has 0 aliphatic heterocycles. The molecular weight excluding hydrogens is 741 g/mol. The van der Waals surface area contributed by atoms with Crippen LogP contribution in [-0.2, 0) is 0 Å². The van der Waals surface area contributed by atoms with Crippen molar-refractivity contribution in [1.29, 1.82) is 0 Å². The molecule has 0 saturated carbocycles. The molecule has 0 spiro atoms. The van der Waals surface area contributed by atoms with E-state index in [0.29, 0.717) is 0 Å². The molecule has 61 heavy (non-hydrogen) atoms. The van der Waals surface area contributed by atoms with Gasteiger partial charge in [-0.2, -0.15) is 0 Å². The summed E-state index contributed by atoms with van der Waals surface area (Å²) in [5, 5.41) is 2.21. The number of para-hydroxylation sites is 2. The first-order valence-electron chi connectivity index (χ1n) is 20.9. The first kappa shape index (κ1) is 36.2. The first-order chi connectivity index (χ1) is 30.2. The maximum atomic E-state index is 7.02. The van der Waals surface area contributed by atoms with Crippen molar-refractivity contribution in [2.24, 2.45) is 0 Å². The summed E-state index contributed by atoms with van der Waals surface area (Å²) < 4.78 is 7.02. The topological polar surface area (TPSA) is 38.9 Å². The number of allylic oxidation sites excluding steroid dienone is 4. The third kappa shape index (κ3) is 7.07. The molecule has 288 valence electrons. The third-order valence-electron chi connectivity index (χ3n) is 11.8. The lowest BCUT2D eigenvalue weighted by atomic mass is 9.86. The molecule has 0 bridgehead atoms. The zero-order valence-electron chi connectivity index (χ0n) is 33.4. The van der Waals surface area contributed by atoms with E-state index >= 15 is 0 Å². The largest absolute Gasteiger partial charge is 0.455 e. The summed E-state index contributed by atoms with van der Waals surface area (Å²) in [6.45, 7) is 0. The fraction of sp³-hybridized carbons (Fsp3) is 0.0345. The van der Waals surface area contributed by atoms with Crippen molar-refractivity contribution in [3.63, 3.8) is 0 Å². The number of nitrogens with zero attached hydrogens (tertiary/aromatic N) is 2. The highest BCUT2D eigenvalue weighted by Gasteiger charge is 2.21. The van der Waals surface area contributed by atoms with E-state index in [0.717, 1.165) is 107 Å². The Kier molecular flexibility index (Phi) is 9.33. The number of hydrogen-bond donors (Lipinski definition) is 0. The number of fused-ring (bicyclic) bond motifs is 3. The number of rotatable bonds is 8. The predicted molar refractivity (Wildman–Crippen MR) is 253 cm³/mol. The summed E-state index contributed by atoms with van der Waals surface area (Å²) >= 11 is 0. The minimum atomic E-state index is 0.170. The zero-order chi connectivity index (χ0) is 40.5. The molecule has 1 aliphatic rings. The molecule has 0 fully saturated rings. The quantitative estimate of drug-likeness (QED) is 0.154. The molecule has 1 unspecified atom stereocenters. The van der Waals surface area contributed by atoms with Crippen LogP contribution in [0.3, 0.4) is 0 Å². The highest BCUT2D eigenvalue weighted by molar-refractivity contribution is 6.12. The van der Waals surface area contributed by atoms with Gasteiger partial charge in [-0.15, -0.1) is 0 Å². The van der Waals surface area contributed by atoms with Crippen LogP contribution in [0.4, 0.5) is 0 Å². The minimum Gasteiger partial charge on any atom is -0.455 e. The van der Waals surface area contributed by atoms with E-state index in [1.165, 1.54) is 5.56 Å². The molecule has 3 aromatic heterocycles. The summed E-state index contributed by atoms with van der Waals surface area (Å²) in [6, 6.07) is 72.5. The Balaban J connectivity index is 0.990. The molecule has 0 N–H and O–H groups in total. The van der Waals surface area contributed by atoms with Gasteiger partial charge in [-0.05, 0) is 64.6 Å². The van der Waals surface area contributed by atoms with E-state index in [1.54, 1.807) is 0 Å². The van der Waals surface area contributed by atoms with Crippen LogP contribution in [0.25, 0.3) is 94.8 Å². The smallest absolute Gasteiger partial charge is 0.143 e. The summed E-state index contributed by atoms with van der Waals surface area (Å²) in [4.78, 5) is 10.3. The Labute approximate surface area is 355 Å². The molecule has 1 atom stereocenters. The van der Waals surface area contributed by atoms with E-state index in [9.17, 15) is 0 Å². The normalized spacial score (nSPS) is 13.7. The van der Waals surface area contributed by atoms with Crippen molar-refractivity contribution < 1.29 is 4.42 Å². The lowest BCUT2D eigenvalue weighted by Gasteiger charge is -2.19. The van der Waals surface area contributed by atoms with Gasteiger partial charge in [0.05, 0.1) is 22.8 Å². The zero-order valence-corrected chi connectivity index (χ0v) is 33.4. The van der Waals surface area contributed by atoms with Gasteiger partial charge in [0.2, 0.25) is 0 Å². The molecule has 0 radical (unpaired) electrons. The molecule has 11 rings (SSSR count). The van der Waals surface area contributed by atoms with Crippen LogP contribution >= 0.6 is 0 Å². The van der Waals surface area contributed by atoms with Gasteiger partial charge in [-0.1, -0.05) is 194 Å². The monoisotopic (exact) mass is 780 g/mol. The van der Waals surface area contributed by atoms with Gasteiger partial charge >= 0.3 is 0 Å². The Bertz CT molecular complexity index is 3140. The number of aromatic nitrogens is 2. The standard InChI is InChI=1S/C58H40N2O/c1-5-17-39(18-6-1)53-35-47(36-54(59-53)40-19-7-2-8-20-40)43-25-13-27-45(33-43)49-29-15-31-51-52-32-16-30-50(58(52)61-57(49)51)46-28-14-26-44(34-46)48-37-55(41-21-9-3-10-22-41)60-56(38-48)42-23-11-4-12-24-42/h1-25,27-38,44H,26H2. The summed E-state index contributed by atoms with van der Waals surface area (Å²) in [6.07, 6.45) is 7.87. The van der Waals surface area contributed by atoms with Gasteiger partial charge < -0.3 is 4.42 Å². The van der Waals surface area contributed by atoms with Crippen LogP contribution < -0.4 is 0 Å². The van der Waals surface area contributed by atoms with Gasteiger partial charge in [0.15, 0.2) is 0 Å². The van der Waals surface area contributed by atoms with E-state index in [1.807, 2.05) is 12.1 Å². The number of benzene rings is 7. The fourth-order valence-electron chi connectivity index (χ4n) is 8.73. The van der Waals surface area contributed by atoms with Crippen LogP contribution in [0.2, 0.25) is 0 Å². The van der Waals surface area contributed by atoms with Gasteiger partial charge in [-0.25, -0.2) is 9.97 Å². The molecule has 0 amide bonds. The van der Waals surface area contributed by atoms with Gasteiger partial charge in [0.1, 0.15) is 11.2 Å². The average molecular weight is 781 g/mol. The number of hydrogen-bond acceptors (Lipinski definition) is 3. The summed E-state index contributed by atoms with van der Waals surface area (Å²) in [5.74, 6) is 0.170. The molecule has 0 saturated heterocycles. The van der Waals surface area contributed by atoms with Crippen molar-refractivity contribution in [2.75, 3.05) is 0 Å². The van der Waals surface area contributed by atoms with Crippen LogP contribution in [0.5, 0.6) is 0 Å². The van der Waals surface area contributed by atoms with Crippen molar-refractivity contribution in [3.8, 4) is 67.3 Å². The Hall–Kier alpha value is -7.88. The van der Waals surface area contributed by atoms with E-state index < -0.39 is 0 Å². The van der Waals surface area contributed by atoms with Crippen LogP contribution in [0.15, 0.2) is 229 Å². The SMILES string of the molecule is C1=CC(c2cccc3c2oc2c(-c4cccc(-c5cc(-c6ccccc6)nc(-c6ccccc6)c5)c4)cccc23)=CC(c2cc(-c3ccccc3)nc(-c3ccccc3)c2)C1. The number of pyridine rings is 2. The maximum absolute atomic E-state index is 7.02. The molecule has 1 aliphatic carbocycles. The molecule has 7 aromatic carbocycles. The summed E-state index contributed by atoms with van der Waals surface area (Å²) in [7, 11) is 0. The predicted octanol–water partition coefficient (Wildman–Crippen LogP) is 15.5. The third-order valence-corrected chi connectivity index (χ3v) is 11.8. The molecular formula is C58H40N2O. The summed E-state index contributed by atoms with van der Waals surface area (Å²) in [5.41, 5.74) is 17.9. The van der Waals surface area contributed by atoms with Gasteiger partial charge in [0.25, 0.3) is 0 Å². The van der Waals surface area contributed by atoms with Gasteiger partial charge in [-0.3, -0.25) is 0 Å². The highest BCUT2D eigenvalue weighted by atomic mass is 16.3. The molecule has 10 aromatic rings. The van der Waals surface area contributed by atoms with Crippen molar-refractivity contribution in [2.45, 2.75) is 12.3 Å². The van der Waals surface area contributed by atoms with Crippen molar-refractivity contribution in [3.05, 3.63) is 236 Å². The molecule has 3 nitrogen and oxygen atoms in total. The van der Waals surface area contributed by atoms with Crippen LogP contribution in [-0.4, -0.2) is 9.97 Å². The first-order valence-corrected chi connectivity index (χ1v) is 20.9. The Morgan fingerprint density at radius 2 is 0.820 bits per heavy atom. The van der Waals surface area contributed by atoms with Crippen LogP contribution in [0.1, 0.15) is 23.5 Å². The lowest BCUT2D eigenvalue weighted by Crippen LogP contribution is -2.02. The van der Waals surface area contributed by atoms with Crippen LogP contribution in [0, 0.1) is 0 Å². The molecule has 3 heteroatoms. The van der Waals surface area contributed by atoms with Crippen molar-refractivity contribution >= 4 is 27.5 Å².